The molecule has 0 aromatic carbocycles. The summed E-state index contributed by atoms with van der Waals surface area (Å²) in [6.45, 7) is 7.87. The minimum Gasteiger partial charge on any atom is -0.476 e. The second kappa shape index (κ2) is 5.77. The van der Waals surface area contributed by atoms with Crippen LogP contribution < -0.4 is 0 Å². The van der Waals surface area contributed by atoms with Gasteiger partial charge in [0.1, 0.15) is 0 Å². The van der Waals surface area contributed by atoms with Crippen molar-refractivity contribution < 1.29 is 14.6 Å². The molecular formula is C12H18N2O3S. The summed E-state index contributed by atoms with van der Waals surface area (Å²) in [7, 11) is 0. The number of nitrogens with zero attached hydrogens (tertiary/aromatic N) is 2. The van der Waals surface area contributed by atoms with Crippen LogP contribution in [0.3, 0.4) is 0 Å². The highest BCUT2D eigenvalue weighted by molar-refractivity contribution is 7.12. The van der Waals surface area contributed by atoms with Crippen molar-refractivity contribution >= 4 is 17.3 Å². The minimum atomic E-state index is -0.929. The lowest BCUT2D eigenvalue weighted by Crippen LogP contribution is -2.35. The van der Waals surface area contributed by atoms with E-state index in [0.29, 0.717) is 6.54 Å². The summed E-state index contributed by atoms with van der Waals surface area (Å²) in [6, 6.07) is 0. The Morgan fingerprint density at radius 3 is 2.72 bits per heavy atom. The van der Waals surface area contributed by atoms with Crippen molar-refractivity contribution in [1.29, 1.82) is 0 Å². The van der Waals surface area contributed by atoms with E-state index in [1.807, 2.05) is 13.8 Å². The molecule has 1 N–H and O–H groups in total. The number of morpholine rings is 1. The molecule has 1 fully saturated rings. The quantitative estimate of drug-likeness (QED) is 0.904. The van der Waals surface area contributed by atoms with E-state index in [-0.39, 0.29) is 11.6 Å². The van der Waals surface area contributed by atoms with Crippen LogP contribution in [0.1, 0.15) is 40.1 Å². The number of ether oxygens (including phenoxy) is 1. The topological polar surface area (TPSA) is 62.7 Å². The number of thiazole rings is 1. The standard InChI is InChI=1S/C12H18N2O3S/c1-8(2)11-13-10(12(15)16)9(18-11)7-14-3-5-17-6-4-14/h8H,3-7H2,1-2H3,(H,15,16). The normalized spacial score (nSPS) is 17.3. The Bertz CT molecular complexity index is 425. The van der Waals surface area contributed by atoms with E-state index in [1.54, 1.807) is 0 Å². The van der Waals surface area contributed by atoms with E-state index in [9.17, 15) is 9.90 Å². The summed E-state index contributed by atoms with van der Waals surface area (Å²) in [5.41, 5.74) is 0.218. The van der Waals surface area contributed by atoms with Crippen molar-refractivity contribution in [2.75, 3.05) is 26.3 Å². The summed E-state index contributed by atoms with van der Waals surface area (Å²) in [5.74, 6) is -0.659. The molecule has 0 aliphatic carbocycles. The fourth-order valence-electron chi connectivity index (χ4n) is 1.85. The molecule has 2 rings (SSSR count). The lowest BCUT2D eigenvalue weighted by molar-refractivity contribution is 0.0343. The minimum absolute atomic E-state index is 0.218. The highest BCUT2D eigenvalue weighted by Crippen LogP contribution is 2.26. The first kappa shape index (κ1) is 13.5. The lowest BCUT2D eigenvalue weighted by Gasteiger charge is -2.25. The Morgan fingerprint density at radius 2 is 2.17 bits per heavy atom. The van der Waals surface area contributed by atoms with Gasteiger partial charge in [-0.25, -0.2) is 9.78 Å². The number of rotatable bonds is 4. The molecule has 0 unspecified atom stereocenters. The molecule has 1 aromatic heterocycles. The fraction of sp³-hybridized carbons (Fsp3) is 0.667. The third kappa shape index (κ3) is 3.07. The second-order valence-corrected chi connectivity index (χ2v) is 5.79. The van der Waals surface area contributed by atoms with Gasteiger partial charge in [-0.05, 0) is 0 Å². The van der Waals surface area contributed by atoms with Crippen LogP contribution in [0.25, 0.3) is 0 Å². The van der Waals surface area contributed by atoms with E-state index >= 15 is 0 Å². The number of aromatic carboxylic acids is 1. The zero-order valence-corrected chi connectivity index (χ0v) is 11.5. The molecule has 6 heteroatoms. The molecule has 1 aliphatic rings. The predicted molar refractivity (Wildman–Crippen MR) is 69.3 cm³/mol. The first-order valence-corrected chi connectivity index (χ1v) is 6.92. The van der Waals surface area contributed by atoms with Crippen LogP contribution in [0.15, 0.2) is 0 Å². The molecule has 0 amide bonds. The summed E-state index contributed by atoms with van der Waals surface area (Å²) in [4.78, 5) is 18.5. The number of hydrogen-bond donors (Lipinski definition) is 1. The molecule has 100 valence electrons. The van der Waals surface area contributed by atoms with Gasteiger partial charge in [-0.1, -0.05) is 13.8 Å². The fourth-order valence-corrected chi connectivity index (χ4v) is 2.96. The van der Waals surface area contributed by atoms with Crippen LogP contribution >= 0.6 is 11.3 Å². The average Bonchev–Trinajstić information content (AvgIpc) is 2.74. The van der Waals surface area contributed by atoms with Crippen molar-refractivity contribution in [1.82, 2.24) is 9.88 Å². The number of aromatic nitrogens is 1. The molecule has 2 heterocycles. The number of carbonyl (C=O) groups is 1. The summed E-state index contributed by atoms with van der Waals surface area (Å²) >= 11 is 1.52. The molecule has 1 saturated heterocycles. The molecule has 0 spiro atoms. The maximum absolute atomic E-state index is 11.2. The molecule has 5 nitrogen and oxygen atoms in total. The Kier molecular flexibility index (Phi) is 4.31. The highest BCUT2D eigenvalue weighted by atomic mass is 32.1. The zero-order valence-electron chi connectivity index (χ0n) is 10.7. The zero-order chi connectivity index (χ0) is 13.1. The Hall–Kier alpha value is -0.980. The van der Waals surface area contributed by atoms with Gasteiger partial charge < -0.3 is 9.84 Å². The van der Waals surface area contributed by atoms with Crippen molar-refractivity contribution in [2.24, 2.45) is 0 Å². The molecule has 1 aliphatic heterocycles. The van der Waals surface area contributed by atoms with Crippen LogP contribution in [-0.4, -0.2) is 47.3 Å². The Morgan fingerprint density at radius 1 is 1.50 bits per heavy atom. The average molecular weight is 270 g/mol. The van der Waals surface area contributed by atoms with Crippen molar-refractivity contribution in [3.8, 4) is 0 Å². The molecule has 1 aromatic rings. The molecule has 0 saturated carbocycles. The molecule has 0 bridgehead atoms. The third-order valence-electron chi connectivity index (χ3n) is 2.88. The number of hydrogen-bond acceptors (Lipinski definition) is 5. The largest absolute Gasteiger partial charge is 0.476 e. The van der Waals surface area contributed by atoms with Gasteiger partial charge in [0, 0.05) is 25.6 Å². The van der Waals surface area contributed by atoms with Gasteiger partial charge in [0.15, 0.2) is 5.69 Å². The lowest BCUT2D eigenvalue weighted by atomic mass is 10.2. The first-order valence-electron chi connectivity index (χ1n) is 6.11. The van der Waals surface area contributed by atoms with Gasteiger partial charge in [0.2, 0.25) is 0 Å². The molecule has 0 atom stereocenters. The number of carboxylic acids is 1. The van der Waals surface area contributed by atoms with Gasteiger partial charge in [0.25, 0.3) is 0 Å². The first-order chi connectivity index (χ1) is 8.58. The van der Waals surface area contributed by atoms with Crippen LogP contribution in [0.5, 0.6) is 0 Å². The van der Waals surface area contributed by atoms with Crippen molar-refractivity contribution in [3.05, 3.63) is 15.6 Å². The van der Waals surface area contributed by atoms with E-state index in [2.05, 4.69) is 9.88 Å². The van der Waals surface area contributed by atoms with Crippen LogP contribution in [0, 0.1) is 0 Å². The van der Waals surface area contributed by atoms with Gasteiger partial charge >= 0.3 is 5.97 Å². The predicted octanol–water partition coefficient (Wildman–Crippen LogP) is 1.80. The summed E-state index contributed by atoms with van der Waals surface area (Å²) < 4.78 is 5.29. The van der Waals surface area contributed by atoms with E-state index < -0.39 is 5.97 Å². The maximum atomic E-state index is 11.2. The van der Waals surface area contributed by atoms with E-state index in [1.165, 1.54) is 11.3 Å². The molecular weight excluding hydrogens is 252 g/mol. The summed E-state index contributed by atoms with van der Waals surface area (Å²) in [6.07, 6.45) is 0. The van der Waals surface area contributed by atoms with Crippen LogP contribution in [-0.2, 0) is 11.3 Å². The van der Waals surface area contributed by atoms with Gasteiger partial charge in [0.05, 0.1) is 23.1 Å². The third-order valence-corrected chi connectivity index (χ3v) is 4.22. The highest BCUT2D eigenvalue weighted by Gasteiger charge is 2.21. The summed E-state index contributed by atoms with van der Waals surface area (Å²) in [5, 5.41) is 10.1. The Balaban J connectivity index is 2.16. The molecule has 0 radical (unpaired) electrons. The monoisotopic (exact) mass is 270 g/mol. The Labute approximate surface area is 110 Å². The van der Waals surface area contributed by atoms with Crippen molar-refractivity contribution in [2.45, 2.75) is 26.3 Å². The van der Waals surface area contributed by atoms with Gasteiger partial charge in [-0.15, -0.1) is 11.3 Å². The molecule has 18 heavy (non-hydrogen) atoms. The second-order valence-electron chi connectivity index (χ2n) is 4.67. The maximum Gasteiger partial charge on any atom is 0.355 e. The number of carboxylic acid groups (broad SMARTS) is 1. The smallest absolute Gasteiger partial charge is 0.355 e. The van der Waals surface area contributed by atoms with Crippen LogP contribution in [0.2, 0.25) is 0 Å². The SMILES string of the molecule is CC(C)c1nc(C(=O)O)c(CN2CCOCC2)s1. The van der Waals surface area contributed by atoms with Crippen molar-refractivity contribution in [3.63, 3.8) is 0 Å². The van der Waals surface area contributed by atoms with Gasteiger partial charge in [-0.2, -0.15) is 0 Å². The van der Waals surface area contributed by atoms with Gasteiger partial charge in [-0.3, -0.25) is 4.90 Å². The van der Waals surface area contributed by atoms with E-state index in [0.717, 1.165) is 36.2 Å². The van der Waals surface area contributed by atoms with E-state index in [4.69, 9.17) is 4.74 Å². The van der Waals surface area contributed by atoms with Crippen LogP contribution in [0.4, 0.5) is 0 Å².